The molecule has 0 fully saturated rings. The molecule has 3 rings (SSSR count). The number of Topliss-reactive ketones (excluding diaryl/α,β-unsaturated/α-hetero) is 2. The Balaban J connectivity index is 2.39. The molecule has 28 heavy (non-hydrogen) atoms. The third-order valence-electron chi connectivity index (χ3n) is 5.32. The maximum atomic E-state index is 12.4. The summed E-state index contributed by atoms with van der Waals surface area (Å²) < 4.78 is 0. The summed E-state index contributed by atoms with van der Waals surface area (Å²) in [6.45, 7) is 9.60. The molecule has 2 nitrogen and oxygen atoms in total. The Morgan fingerprint density at radius 1 is 0.607 bits per heavy atom. The molecular weight excluding hydrogens is 363 g/mol. The number of ketones is 2. The van der Waals surface area contributed by atoms with E-state index < -0.39 is 7.92 Å². The molecule has 3 aromatic carbocycles. The summed E-state index contributed by atoms with van der Waals surface area (Å²) in [6, 6.07) is 19.9. The van der Waals surface area contributed by atoms with Gasteiger partial charge in [-0.05, 0) is 75.1 Å². The normalized spacial score (nSPS) is 10.9. The van der Waals surface area contributed by atoms with Crippen LogP contribution in [0.3, 0.4) is 0 Å². The standard InChI is InChI=1S/C25H25O2P/c1-16-14-15-23(18(3)17(16)2)28(24-12-8-6-10-21(24)19(4)26)25-13-9-7-11-22(25)20(5)27/h6-15H,1-5H3. The molecule has 0 aliphatic carbocycles. The van der Waals surface area contributed by atoms with E-state index in [1.165, 1.54) is 22.0 Å². The molecule has 3 heteroatoms. The Bertz CT molecular complexity index is 1010. The summed E-state index contributed by atoms with van der Waals surface area (Å²) in [7, 11) is -1.04. The van der Waals surface area contributed by atoms with E-state index in [-0.39, 0.29) is 11.6 Å². The smallest absolute Gasteiger partial charge is 0.160 e. The molecule has 0 amide bonds. The highest BCUT2D eigenvalue weighted by Gasteiger charge is 2.26. The van der Waals surface area contributed by atoms with Crippen LogP contribution in [0.1, 0.15) is 51.3 Å². The van der Waals surface area contributed by atoms with E-state index in [1.54, 1.807) is 13.8 Å². The summed E-state index contributed by atoms with van der Waals surface area (Å²) >= 11 is 0. The number of carbonyl (C=O) groups is 2. The fraction of sp³-hybridized carbons (Fsp3) is 0.200. The van der Waals surface area contributed by atoms with Crippen LogP contribution in [0.5, 0.6) is 0 Å². The van der Waals surface area contributed by atoms with Crippen LogP contribution >= 0.6 is 7.92 Å². The first kappa shape index (κ1) is 20.2. The van der Waals surface area contributed by atoms with E-state index in [2.05, 4.69) is 32.9 Å². The zero-order valence-electron chi connectivity index (χ0n) is 17.0. The average Bonchev–Trinajstić information content (AvgIpc) is 2.68. The van der Waals surface area contributed by atoms with Crippen molar-refractivity contribution in [3.05, 3.63) is 88.5 Å². The van der Waals surface area contributed by atoms with Gasteiger partial charge in [0.1, 0.15) is 0 Å². The lowest BCUT2D eigenvalue weighted by molar-refractivity contribution is 0.101. The van der Waals surface area contributed by atoms with Crippen molar-refractivity contribution in [2.24, 2.45) is 0 Å². The van der Waals surface area contributed by atoms with Gasteiger partial charge in [-0.3, -0.25) is 9.59 Å². The molecule has 0 aliphatic rings. The predicted octanol–water partition coefficient (Wildman–Crippen LogP) is 4.78. The Morgan fingerprint density at radius 3 is 1.54 bits per heavy atom. The van der Waals surface area contributed by atoms with Crippen LogP contribution in [0.4, 0.5) is 0 Å². The van der Waals surface area contributed by atoms with Crippen LogP contribution in [-0.4, -0.2) is 11.6 Å². The van der Waals surface area contributed by atoms with Gasteiger partial charge in [0.25, 0.3) is 0 Å². The van der Waals surface area contributed by atoms with E-state index in [0.29, 0.717) is 0 Å². The zero-order valence-corrected chi connectivity index (χ0v) is 17.9. The van der Waals surface area contributed by atoms with Crippen LogP contribution in [0.25, 0.3) is 0 Å². The third-order valence-corrected chi connectivity index (χ3v) is 8.03. The van der Waals surface area contributed by atoms with Gasteiger partial charge in [-0.25, -0.2) is 0 Å². The van der Waals surface area contributed by atoms with Crippen LogP contribution in [0, 0.1) is 20.8 Å². The van der Waals surface area contributed by atoms with Gasteiger partial charge in [-0.15, -0.1) is 0 Å². The number of hydrogen-bond donors (Lipinski definition) is 0. The number of aryl methyl sites for hydroxylation is 1. The Kier molecular flexibility index (Phi) is 5.91. The van der Waals surface area contributed by atoms with E-state index in [4.69, 9.17) is 0 Å². The summed E-state index contributed by atoms with van der Waals surface area (Å²) in [6.07, 6.45) is 0. The van der Waals surface area contributed by atoms with E-state index in [9.17, 15) is 9.59 Å². The summed E-state index contributed by atoms with van der Waals surface area (Å²) in [5.41, 5.74) is 5.18. The minimum atomic E-state index is -1.04. The Hall–Kier alpha value is -2.57. The molecule has 0 spiro atoms. The summed E-state index contributed by atoms with van der Waals surface area (Å²) in [5.74, 6) is 0.0924. The molecule has 0 N–H and O–H groups in total. The highest BCUT2D eigenvalue weighted by molar-refractivity contribution is 7.80. The first-order chi connectivity index (χ1) is 13.3. The molecular formula is C25H25O2P. The first-order valence-corrected chi connectivity index (χ1v) is 10.7. The average molecular weight is 388 g/mol. The van der Waals surface area contributed by atoms with Gasteiger partial charge in [-0.1, -0.05) is 60.7 Å². The third kappa shape index (κ3) is 3.70. The second-order valence-corrected chi connectivity index (χ2v) is 9.25. The fourth-order valence-corrected chi connectivity index (χ4v) is 6.43. The Labute approximate surface area is 168 Å². The molecule has 0 aliphatic heterocycles. The van der Waals surface area contributed by atoms with E-state index in [1.807, 2.05) is 48.5 Å². The molecule has 0 saturated heterocycles. The second-order valence-electron chi connectivity index (χ2n) is 7.13. The highest BCUT2D eigenvalue weighted by atomic mass is 31.1. The number of hydrogen-bond acceptors (Lipinski definition) is 2. The number of carbonyl (C=O) groups excluding carboxylic acids is 2. The van der Waals surface area contributed by atoms with E-state index >= 15 is 0 Å². The van der Waals surface area contributed by atoms with Crippen molar-refractivity contribution in [3.8, 4) is 0 Å². The highest BCUT2D eigenvalue weighted by Crippen LogP contribution is 2.37. The van der Waals surface area contributed by atoms with Gasteiger partial charge in [-0.2, -0.15) is 0 Å². The van der Waals surface area contributed by atoms with Crippen molar-refractivity contribution in [1.29, 1.82) is 0 Å². The molecule has 0 aromatic heterocycles. The van der Waals surface area contributed by atoms with Crippen molar-refractivity contribution in [3.63, 3.8) is 0 Å². The minimum Gasteiger partial charge on any atom is -0.294 e. The molecule has 0 atom stereocenters. The van der Waals surface area contributed by atoms with Gasteiger partial charge in [0.15, 0.2) is 11.6 Å². The lowest BCUT2D eigenvalue weighted by Gasteiger charge is -2.26. The number of benzene rings is 3. The van der Waals surface area contributed by atoms with Crippen molar-refractivity contribution in [2.75, 3.05) is 0 Å². The van der Waals surface area contributed by atoms with Crippen molar-refractivity contribution < 1.29 is 9.59 Å². The molecule has 142 valence electrons. The largest absolute Gasteiger partial charge is 0.294 e. The van der Waals surface area contributed by atoms with Gasteiger partial charge in [0.2, 0.25) is 0 Å². The van der Waals surface area contributed by atoms with Gasteiger partial charge in [0.05, 0.1) is 0 Å². The van der Waals surface area contributed by atoms with Crippen molar-refractivity contribution in [1.82, 2.24) is 0 Å². The molecule has 0 saturated carbocycles. The lowest BCUT2D eigenvalue weighted by atomic mass is 10.1. The second kappa shape index (κ2) is 8.20. The fourth-order valence-electron chi connectivity index (χ4n) is 3.51. The van der Waals surface area contributed by atoms with Crippen LogP contribution < -0.4 is 15.9 Å². The first-order valence-electron chi connectivity index (χ1n) is 9.39. The van der Waals surface area contributed by atoms with E-state index in [0.717, 1.165) is 21.7 Å². The predicted molar refractivity (Wildman–Crippen MR) is 119 cm³/mol. The van der Waals surface area contributed by atoms with Gasteiger partial charge in [0, 0.05) is 11.1 Å². The molecule has 3 aromatic rings. The van der Waals surface area contributed by atoms with Crippen LogP contribution in [-0.2, 0) is 0 Å². The number of rotatable bonds is 5. The maximum absolute atomic E-state index is 12.4. The minimum absolute atomic E-state index is 0.0462. The van der Waals surface area contributed by atoms with Crippen molar-refractivity contribution in [2.45, 2.75) is 34.6 Å². The SMILES string of the molecule is CC(=O)c1ccccc1P(c1ccccc1C(C)=O)c1ccc(C)c(C)c1C. The lowest BCUT2D eigenvalue weighted by Crippen LogP contribution is -2.29. The monoisotopic (exact) mass is 388 g/mol. The zero-order chi connectivity index (χ0) is 20.4. The van der Waals surface area contributed by atoms with Gasteiger partial charge >= 0.3 is 0 Å². The topological polar surface area (TPSA) is 34.1 Å². The van der Waals surface area contributed by atoms with Gasteiger partial charge < -0.3 is 0 Å². The quantitative estimate of drug-likeness (QED) is 0.466. The molecule has 0 radical (unpaired) electrons. The summed E-state index contributed by atoms with van der Waals surface area (Å²) in [4.78, 5) is 24.8. The molecule has 0 unspecified atom stereocenters. The molecule has 0 bridgehead atoms. The molecule has 0 heterocycles. The van der Waals surface area contributed by atoms with Crippen molar-refractivity contribution >= 4 is 35.4 Å². The summed E-state index contributed by atoms with van der Waals surface area (Å²) in [5, 5.41) is 3.20. The Morgan fingerprint density at radius 2 is 1.07 bits per heavy atom. The van der Waals surface area contributed by atoms with Crippen LogP contribution in [0.2, 0.25) is 0 Å². The van der Waals surface area contributed by atoms with Crippen LogP contribution in [0.15, 0.2) is 60.7 Å². The maximum Gasteiger partial charge on any atom is 0.160 e.